The fraction of sp³-hybridized carbons (Fsp3) is 0.667. The van der Waals surface area contributed by atoms with Crippen LogP contribution in [0.5, 0.6) is 0 Å². The molecule has 0 aromatic heterocycles. The van der Waals surface area contributed by atoms with Crippen LogP contribution in [0.3, 0.4) is 0 Å². The number of nitrogens with zero attached hydrogens (tertiary/aromatic N) is 1. The van der Waals surface area contributed by atoms with Crippen molar-refractivity contribution in [3.8, 4) is 0 Å². The van der Waals surface area contributed by atoms with E-state index in [1.807, 2.05) is 6.92 Å². The van der Waals surface area contributed by atoms with E-state index in [-0.39, 0.29) is 25.7 Å². The molecule has 0 aliphatic heterocycles. The summed E-state index contributed by atoms with van der Waals surface area (Å²) in [6, 6.07) is 0. The average Bonchev–Trinajstić information content (AvgIpc) is 3.26. The zero-order chi connectivity index (χ0) is 16.8. The number of rotatable bonds is 8. The maximum Gasteiger partial charge on any atom is 0.409 e. The monoisotopic (exact) mass is 313 g/mol. The lowest BCUT2D eigenvalue weighted by atomic mass is 10.0. The summed E-state index contributed by atoms with van der Waals surface area (Å²) in [5, 5.41) is 0. The van der Waals surface area contributed by atoms with Crippen LogP contribution in [0.4, 0.5) is 4.79 Å². The van der Waals surface area contributed by atoms with Gasteiger partial charge in [0.05, 0.1) is 6.61 Å². The van der Waals surface area contributed by atoms with Gasteiger partial charge in [-0.1, -0.05) is 6.08 Å². The predicted octanol–water partition coefficient (Wildman–Crippen LogP) is 1.37. The number of esters is 2. The van der Waals surface area contributed by atoms with Crippen molar-refractivity contribution in [1.29, 1.82) is 0 Å². The van der Waals surface area contributed by atoms with Gasteiger partial charge in [-0.3, -0.25) is 9.59 Å². The van der Waals surface area contributed by atoms with Crippen LogP contribution in [0.1, 0.15) is 20.3 Å². The van der Waals surface area contributed by atoms with E-state index in [9.17, 15) is 14.4 Å². The molecular weight excluding hydrogens is 290 g/mol. The van der Waals surface area contributed by atoms with Crippen LogP contribution in [0.25, 0.3) is 0 Å². The lowest BCUT2D eigenvalue weighted by Gasteiger charge is -2.16. The number of hydrogen-bond acceptors (Lipinski definition) is 6. The molecule has 0 radical (unpaired) electrons. The number of hydrogen-bond donors (Lipinski definition) is 0. The second-order valence-corrected chi connectivity index (χ2v) is 5.00. The Morgan fingerprint density at radius 3 is 2.27 bits per heavy atom. The van der Waals surface area contributed by atoms with Crippen LogP contribution in [-0.4, -0.2) is 56.3 Å². The molecule has 1 fully saturated rings. The molecule has 0 N–H and O–H groups in total. The largest absolute Gasteiger partial charge is 0.465 e. The highest BCUT2D eigenvalue weighted by Crippen LogP contribution is 2.55. The third-order valence-electron chi connectivity index (χ3n) is 3.63. The quantitative estimate of drug-likeness (QED) is 0.221. The highest BCUT2D eigenvalue weighted by molar-refractivity contribution is 6.04. The molecule has 1 amide bonds. The summed E-state index contributed by atoms with van der Waals surface area (Å²) in [6.45, 7) is 7.63. The second kappa shape index (κ2) is 7.82. The Morgan fingerprint density at radius 1 is 1.18 bits per heavy atom. The van der Waals surface area contributed by atoms with Crippen molar-refractivity contribution < 1.29 is 28.6 Å². The van der Waals surface area contributed by atoms with Crippen molar-refractivity contribution >= 4 is 18.0 Å². The minimum atomic E-state index is -1.28. The SMILES string of the molecule is C=CC1CC1(C(=O)OCC)C(=O)OCCOC(=O)N(C)CC. The molecule has 2 atom stereocenters. The number of carbonyl (C=O) groups excluding carboxylic acids is 3. The average molecular weight is 313 g/mol. The normalized spacial score (nSPS) is 22.4. The predicted molar refractivity (Wildman–Crippen MR) is 78.0 cm³/mol. The van der Waals surface area contributed by atoms with Crippen molar-refractivity contribution in [1.82, 2.24) is 4.90 Å². The Hall–Kier alpha value is -2.05. The van der Waals surface area contributed by atoms with Crippen molar-refractivity contribution in [3.63, 3.8) is 0 Å². The summed E-state index contributed by atoms with van der Waals surface area (Å²) in [5.41, 5.74) is -1.28. The van der Waals surface area contributed by atoms with Gasteiger partial charge in [-0.2, -0.15) is 0 Å². The topological polar surface area (TPSA) is 82.1 Å². The molecule has 0 aromatic rings. The fourth-order valence-corrected chi connectivity index (χ4v) is 2.02. The lowest BCUT2D eigenvalue weighted by Crippen LogP contribution is -2.33. The van der Waals surface area contributed by atoms with Gasteiger partial charge in [0.2, 0.25) is 0 Å². The van der Waals surface area contributed by atoms with E-state index < -0.39 is 23.4 Å². The standard InChI is InChI=1S/C15H23NO6/c1-5-11-10-15(11,12(17)20-7-3)13(18)21-8-9-22-14(19)16(4)6-2/h5,11H,1,6-10H2,2-4H3. The molecule has 2 unspecified atom stereocenters. The van der Waals surface area contributed by atoms with Gasteiger partial charge < -0.3 is 19.1 Å². The van der Waals surface area contributed by atoms with Gasteiger partial charge in [0.25, 0.3) is 0 Å². The smallest absolute Gasteiger partial charge is 0.409 e. The molecule has 7 heteroatoms. The van der Waals surface area contributed by atoms with Gasteiger partial charge in [-0.15, -0.1) is 6.58 Å². The molecule has 0 saturated heterocycles. The van der Waals surface area contributed by atoms with Gasteiger partial charge in [-0.05, 0) is 20.3 Å². The highest BCUT2D eigenvalue weighted by atomic mass is 16.6. The zero-order valence-electron chi connectivity index (χ0n) is 13.3. The van der Waals surface area contributed by atoms with E-state index in [4.69, 9.17) is 14.2 Å². The molecule has 0 bridgehead atoms. The summed E-state index contributed by atoms with van der Waals surface area (Å²) >= 11 is 0. The molecule has 0 heterocycles. The van der Waals surface area contributed by atoms with E-state index in [1.54, 1.807) is 20.0 Å². The van der Waals surface area contributed by atoms with Gasteiger partial charge >= 0.3 is 18.0 Å². The van der Waals surface area contributed by atoms with Crippen molar-refractivity contribution in [3.05, 3.63) is 12.7 Å². The Bertz CT molecular complexity index is 449. The molecule has 1 aliphatic rings. The molecule has 1 saturated carbocycles. The molecule has 0 aromatic carbocycles. The molecule has 7 nitrogen and oxygen atoms in total. The molecule has 0 spiro atoms. The van der Waals surface area contributed by atoms with Crippen molar-refractivity contribution in [2.75, 3.05) is 33.4 Å². The Morgan fingerprint density at radius 2 is 1.77 bits per heavy atom. The van der Waals surface area contributed by atoms with E-state index >= 15 is 0 Å². The number of carbonyl (C=O) groups is 3. The third-order valence-corrected chi connectivity index (χ3v) is 3.63. The van der Waals surface area contributed by atoms with Gasteiger partial charge in [0, 0.05) is 19.5 Å². The molecule has 1 rings (SSSR count). The number of amides is 1. The summed E-state index contributed by atoms with van der Waals surface area (Å²) in [7, 11) is 1.60. The van der Waals surface area contributed by atoms with Crippen LogP contribution < -0.4 is 0 Å². The maximum absolute atomic E-state index is 12.1. The highest BCUT2D eigenvalue weighted by Gasteiger charge is 2.67. The summed E-state index contributed by atoms with van der Waals surface area (Å²) in [5.74, 6) is -1.52. The summed E-state index contributed by atoms with van der Waals surface area (Å²) in [6.07, 6.45) is 1.40. The minimum absolute atomic E-state index is 0.0629. The molecule has 22 heavy (non-hydrogen) atoms. The molecule has 1 aliphatic carbocycles. The van der Waals surface area contributed by atoms with Crippen LogP contribution in [-0.2, 0) is 23.8 Å². The van der Waals surface area contributed by atoms with E-state index in [2.05, 4.69) is 6.58 Å². The van der Waals surface area contributed by atoms with Crippen molar-refractivity contribution in [2.24, 2.45) is 11.3 Å². The molecule has 124 valence electrons. The van der Waals surface area contributed by atoms with Gasteiger partial charge in [-0.25, -0.2) is 4.79 Å². The Balaban J connectivity index is 2.45. The molecular formula is C15H23NO6. The maximum atomic E-state index is 12.1. The van der Waals surface area contributed by atoms with Crippen LogP contribution in [0.2, 0.25) is 0 Å². The Labute approximate surface area is 130 Å². The fourth-order valence-electron chi connectivity index (χ4n) is 2.02. The van der Waals surface area contributed by atoms with E-state index in [1.165, 1.54) is 4.90 Å². The Kier molecular flexibility index (Phi) is 6.39. The van der Waals surface area contributed by atoms with Gasteiger partial charge in [0.15, 0.2) is 5.41 Å². The summed E-state index contributed by atoms with van der Waals surface area (Å²) in [4.78, 5) is 36.9. The van der Waals surface area contributed by atoms with Crippen LogP contribution >= 0.6 is 0 Å². The first-order chi connectivity index (χ1) is 10.4. The number of allylic oxidation sites excluding steroid dienone is 1. The van der Waals surface area contributed by atoms with E-state index in [0.717, 1.165) is 0 Å². The summed E-state index contributed by atoms with van der Waals surface area (Å²) < 4.78 is 14.9. The van der Waals surface area contributed by atoms with E-state index in [0.29, 0.717) is 13.0 Å². The first-order valence-electron chi connectivity index (χ1n) is 7.28. The number of ether oxygens (including phenoxy) is 3. The first kappa shape index (κ1) is 18.0. The van der Waals surface area contributed by atoms with Crippen LogP contribution in [0, 0.1) is 11.3 Å². The third kappa shape index (κ3) is 3.78. The zero-order valence-corrected chi connectivity index (χ0v) is 13.3. The van der Waals surface area contributed by atoms with Crippen LogP contribution in [0.15, 0.2) is 12.7 Å². The van der Waals surface area contributed by atoms with Gasteiger partial charge in [0.1, 0.15) is 13.2 Å². The lowest BCUT2D eigenvalue weighted by molar-refractivity contribution is -0.165. The van der Waals surface area contributed by atoms with Crippen molar-refractivity contribution in [2.45, 2.75) is 20.3 Å². The minimum Gasteiger partial charge on any atom is -0.465 e. The first-order valence-corrected chi connectivity index (χ1v) is 7.28. The second-order valence-electron chi connectivity index (χ2n) is 5.00.